The predicted molar refractivity (Wildman–Crippen MR) is 60.7 cm³/mol. The van der Waals surface area contributed by atoms with Crippen LogP contribution < -0.4 is 5.32 Å². The average Bonchev–Trinajstić information content (AvgIpc) is 2.03. The minimum Gasteiger partial charge on any atom is -0.317 e. The number of hydrogen-bond donors (Lipinski definition) is 1. The minimum absolute atomic E-state index is 0.401. The van der Waals surface area contributed by atoms with E-state index in [0.717, 1.165) is 12.1 Å². The molecule has 2 heteroatoms. The van der Waals surface area contributed by atoms with Crippen LogP contribution >= 0.6 is 0 Å². The van der Waals surface area contributed by atoms with Crippen molar-refractivity contribution >= 4 is 8.80 Å². The molecule has 0 amide bonds. The highest BCUT2D eigenvalue weighted by Gasteiger charge is 2.12. The Kier molecular flexibility index (Phi) is 7.92. The number of hydrogen-bond acceptors (Lipinski definition) is 1. The first-order valence-corrected chi connectivity index (χ1v) is 7.73. The molecule has 1 N–H and O–H groups in total. The van der Waals surface area contributed by atoms with Gasteiger partial charge in [0, 0.05) is 8.80 Å². The molecule has 1 nitrogen and oxygen atoms in total. The Morgan fingerprint density at radius 2 is 1.83 bits per heavy atom. The maximum absolute atomic E-state index is 3.43. The molecule has 0 aromatic carbocycles. The van der Waals surface area contributed by atoms with Crippen LogP contribution in [-0.2, 0) is 0 Å². The van der Waals surface area contributed by atoms with E-state index in [1.165, 1.54) is 25.1 Å². The topological polar surface area (TPSA) is 12.0 Å². The van der Waals surface area contributed by atoms with Gasteiger partial charge in [-0.25, -0.2) is 0 Å². The van der Waals surface area contributed by atoms with E-state index in [4.69, 9.17) is 0 Å². The Balaban J connectivity index is 3.49. The summed E-state index contributed by atoms with van der Waals surface area (Å²) in [6, 6.07) is 3.02. The second kappa shape index (κ2) is 7.81. The Morgan fingerprint density at radius 1 is 1.17 bits per heavy atom. The molecule has 0 aliphatic heterocycles. The summed E-state index contributed by atoms with van der Waals surface area (Å²) in [4.78, 5) is 0. The van der Waals surface area contributed by atoms with Gasteiger partial charge in [0.1, 0.15) is 0 Å². The summed E-state index contributed by atoms with van der Waals surface area (Å²) >= 11 is 0. The first-order chi connectivity index (χ1) is 5.72. The van der Waals surface area contributed by atoms with Crippen molar-refractivity contribution < 1.29 is 0 Å². The lowest BCUT2D eigenvalue weighted by Crippen LogP contribution is -2.24. The Bertz CT molecular complexity index is 93.8. The lowest BCUT2D eigenvalue weighted by molar-refractivity contribution is 0.750. The SMILES string of the molecule is CCC[SiH](CCNCC)C(C)C. The summed E-state index contributed by atoms with van der Waals surface area (Å²) in [6.45, 7) is 11.7. The van der Waals surface area contributed by atoms with Gasteiger partial charge >= 0.3 is 0 Å². The Labute approximate surface area is 79.6 Å². The molecule has 0 rings (SSSR count). The Morgan fingerprint density at radius 3 is 2.25 bits per heavy atom. The van der Waals surface area contributed by atoms with E-state index in [1.54, 1.807) is 0 Å². The highest BCUT2D eigenvalue weighted by Crippen LogP contribution is 2.16. The van der Waals surface area contributed by atoms with Gasteiger partial charge in [-0.15, -0.1) is 0 Å². The van der Waals surface area contributed by atoms with Gasteiger partial charge in [-0.1, -0.05) is 45.7 Å². The van der Waals surface area contributed by atoms with Gasteiger partial charge in [-0.2, -0.15) is 0 Å². The molecule has 0 saturated carbocycles. The first-order valence-electron chi connectivity index (χ1n) is 5.43. The van der Waals surface area contributed by atoms with E-state index >= 15 is 0 Å². The van der Waals surface area contributed by atoms with Crippen molar-refractivity contribution in [1.82, 2.24) is 5.32 Å². The van der Waals surface area contributed by atoms with Crippen molar-refractivity contribution in [2.24, 2.45) is 0 Å². The predicted octanol–water partition coefficient (Wildman–Crippen LogP) is 2.64. The van der Waals surface area contributed by atoms with Crippen molar-refractivity contribution in [2.45, 2.75) is 51.7 Å². The van der Waals surface area contributed by atoms with Gasteiger partial charge in [0.05, 0.1) is 0 Å². The highest BCUT2D eigenvalue weighted by molar-refractivity contribution is 6.60. The Hall–Kier alpha value is 0.177. The molecule has 1 atom stereocenters. The summed E-state index contributed by atoms with van der Waals surface area (Å²) in [6.07, 6.45) is 1.39. The van der Waals surface area contributed by atoms with E-state index in [-0.39, 0.29) is 0 Å². The molecule has 1 unspecified atom stereocenters. The maximum atomic E-state index is 3.43. The molecule has 0 aliphatic carbocycles. The summed E-state index contributed by atoms with van der Waals surface area (Å²) in [5, 5.41) is 3.43. The van der Waals surface area contributed by atoms with E-state index in [2.05, 4.69) is 33.0 Å². The van der Waals surface area contributed by atoms with Crippen LogP contribution in [-0.4, -0.2) is 21.9 Å². The molecular weight excluding hydrogens is 162 g/mol. The summed E-state index contributed by atoms with van der Waals surface area (Å²) < 4.78 is 0. The van der Waals surface area contributed by atoms with Gasteiger partial charge in [-0.05, 0) is 19.1 Å². The van der Waals surface area contributed by atoms with Crippen LogP contribution in [0.4, 0.5) is 0 Å². The average molecular weight is 187 g/mol. The van der Waals surface area contributed by atoms with Crippen molar-refractivity contribution in [1.29, 1.82) is 0 Å². The van der Waals surface area contributed by atoms with Crippen molar-refractivity contribution in [3.05, 3.63) is 0 Å². The number of rotatable bonds is 7. The van der Waals surface area contributed by atoms with Gasteiger partial charge < -0.3 is 5.32 Å². The normalized spacial score (nSPS) is 13.8. The summed E-state index contributed by atoms with van der Waals surface area (Å²) in [5.74, 6) is 0. The van der Waals surface area contributed by atoms with Crippen molar-refractivity contribution in [3.8, 4) is 0 Å². The van der Waals surface area contributed by atoms with Crippen LogP contribution in [0.2, 0.25) is 17.6 Å². The van der Waals surface area contributed by atoms with Gasteiger partial charge in [0.2, 0.25) is 0 Å². The maximum Gasteiger partial charge on any atom is 0.0406 e. The second-order valence-electron chi connectivity index (χ2n) is 3.94. The molecule has 0 aliphatic rings. The van der Waals surface area contributed by atoms with E-state index in [1.807, 2.05) is 0 Å². The quantitative estimate of drug-likeness (QED) is 0.477. The molecule has 0 radical (unpaired) electrons. The molecule has 0 heterocycles. The van der Waals surface area contributed by atoms with Gasteiger partial charge in [0.25, 0.3) is 0 Å². The van der Waals surface area contributed by atoms with Gasteiger partial charge in [-0.3, -0.25) is 0 Å². The van der Waals surface area contributed by atoms with E-state index < -0.39 is 8.80 Å². The van der Waals surface area contributed by atoms with Crippen LogP contribution in [0, 0.1) is 0 Å². The van der Waals surface area contributed by atoms with Crippen LogP contribution in [0.15, 0.2) is 0 Å². The lowest BCUT2D eigenvalue weighted by atomic mass is 10.5. The minimum atomic E-state index is -0.401. The molecule has 0 aromatic heterocycles. The van der Waals surface area contributed by atoms with Gasteiger partial charge in [0.15, 0.2) is 0 Å². The first kappa shape index (κ1) is 12.2. The molecule has 0 saturated heterocycles. The molecule has 0 fully saturated rings. The zero-order chi connectivity index (χ0) is 9.40. The fourth-order valence-corrected chi connectivity index (χ4v) is 4.58. The zero-order valence-electron chi connectivity index (χ0n) is 9.19. The molecule has 12 heavy (non-hydrogen) atoms. The largest absolute Gasteiger partial charge is 0.317 e. The third kappa shape index (κ3) is 5.78. The highest BCUT2D eigenvalue weighted by atomic mass is 28.3. The van der Waals surface area contributed by atoms with Crippen molar-refractivity contribution in [2.75, 3.05) is 13.1 Å². The molecular formula is C10H25NSi. The second-order valence-corrected chi connectivity index (χ2v) is 7.94. The van der Waals surface area contributed by atoms with E-state index in [0.29, 0.717) is 0 Å². The van der Waals surface area contributed by atoms with Crippen LogP contribution in [0.1, 0.15) is 34.1 Å². The standard InChI is InChI=1S/C10H25NSi/c1-5-8-12(10(3)4)9-7-11-6-2/h10-12H,5-9H2,1-4H3. The molecule has 0 bridgehead atoms. The number of nitrogens with one attached hydrogen (secondary N) is 1. The smallest absolute Gasteiger partial charge is 0.0406 e. The lowest BCUT2D eigenvalue weighted by Gasteiger charge is -2.18. The third-order valence-corrected chi connectivity index (χ3v) is 6.78. The monoisotopic (exact) mass is 187 g/mol. The fourth-order valence-electron chi connectivity index (χ4n) is 1.65. The van der Waals surface area contributed by atoms with E-state index in [9.17, 15) is 0 Å². The summed E-state index contributed by atoms with van der Waals surface area (Å²) in [5.41, 5.74) is 0.989. The fraction of sp³-hybridized carbons (Fsp3) is 1.00. The molecule has 0 aromatic rings. The third-order valence-electron chi connectivity index (χ3n) is 2.54. The molecule has 74 valence electrons. The van der Waals surface area contributed by atoms with Crippen LogP contribution in [0.3, 0.4) is 0 Å². The van der Waals surface area contributed by atoms with Crippen LogP contribution in [0.25, 0.3) is 0 Å². The molecule has 0 spiro atoms. The van der Waals surface area contributed by atoms with Crippen molar-refractivity contribution in [3.63, 3.8) is 0 Å². The van der Waals surface area contributed by atoms with Crippen LogP contribution in [0.5, 0.6) is 0 Å². The zero-order valence-corrected chi connectivity index (χ0v) is 10.3. The summed E-state index contributed by atoms with van der Waals surface area (Å²) in [7, 11) is -0.401.